The molecule has 148 valence electrons. The van der Waals surface area contributed by atoms with E-state index >= 15 is 0 Å². The van der Waals surface area contributed by atoms with Gasteiger partial charge >= 0.3 is 5.97 Å². The molecule has 2 amide bonds. The van der Waals surface area contributed by atoms with E-state index in [1.54, 1.807) is 12.1 Å². The average molecular weight is 389 g/mol. The Kier molecular flexibility index (Phi) is 5.45. The van der Waals surface area contributed by atoms with Gasteiger partial charge in [0.25, 0.3) is 0 Å². The van der Waals surface area contributed by atoms with Crippen LogP contribution in [0.4, 0.5) is 0 Å². The molecule has 3 rings (SSSR count). The molecule has 10 nitrogen and oxygen atoms in total. The predicted molar refractivity (Wildman–Crippen MR) is 93.6 cm³/mol. The van der Waals surface area contributed by atoms with Crippen molar-refractivity contribution in [3.05, 3.63) is 59.5 Å². The summed E-state index contributed by atoms with van der Waals surface area (Å²) in [7, 11) is 0. The van der Waals surface area contributed by atoms with Crippen molar-refractivity contribution in [1.82, 2.24) is 4.90 Å². The van der Waals surface area contributed by atoms with Gasteiger partial charge < -0.3 is 30.8 Å². The number of carboxylic acid groups (broad SMARTS) is 1. The largest absolute Gasteiger partial charge is 0.478 e. The number of ether oxygens (including phenoxy) is 1. The molecule has 1 aliphatic rings. The van der Waals surface area contributed by atoms with Crippen molar-refractivity contribution < 1.29 is 33.8 Å². The molecule has 2 aromatic rings. The first kappa shape index (κ1) is 19.5. The van der Waals surface area contributed by atoms with Gasteiger partial charge in [0.2, 0.25) is 11.8 Å². The molecule has 0 bridgehead atoms. The van der Waals surface area contributed by atoms with E-state index in [0.29, 0.717) is 5.56 Å². The molecule has 0 radical (unpaired) electrons. The van der Waals surface area contributed by atoms with Gasteiger partial charge in [0, 0.05) is 5.56 Å². The standard InChI is InChI=1S/C18H19N3O7/c19-11(8-22)16(24)21-13(15(20)23)14(12-2-1-7-27-12)28-17(21)9-3-5-10(6-4-9)18(25)26/h1-7,11,13-14,17,22H,8,19H2,(H2,20,23)(H,25,26)/t11-,13?,14?,17?/m0/s1. The minimum atomic E-state index is -1.29. The summed E-state index contributed by atoms with van der Waals surface area (Å²) in [6, 6.07) is 6.25. The van der Waals surface area contributed by atoms with Gasteiger partial charge in [-0.15, -0.1) is 0 Å². The number of aliphatic hydroxyl groups is 1. The molecule has 0 aliphatic carbocycles. The third kappa shape index (κ3) is 3.48. The molecule has 6 N–H and O–H groups in total. The lowest BCUT2D eigenvalue weighted by atomic mass is 10.1. The fraction of sp³-hybridized carbons (Fsp3) is 0.278. The van der Waals surface area contributed by atoms with Crippen LogP contribution in [0.25, 0.3) is 0 Å². The van der Waals surface area contributed by atoms with Crippen LogP contribution in [-0.2, 0) is 14.3 Å². The third-order valence-corrected chi connectivity index (χ3v) is 4.44. The molecule has 0 spiro atoms. The van der Waals surface area contributed by atoms with E-state index < -0.39 is 48.8 Å². The number of carbonyl (C=O) groups is 3. The van der Waals surface area contributed by atoms with Gasteiger partial charge in [0.15, 0.2) is 6.23 Å². The van der Waals surface area contributed by atoms with E-state index in [-0.39, 0.29) is 11.3 Å². The minimum absolute atomic E-state index is 0.0423. The Hall–Kier alpha value is -3.21. The third-order valence-electron chi connectivity index (χ3n) is 4.44. The first-order valence-corrected chi connectivity index (χ1v) is 8.35. The van der Waals surface area contributed by atoms with Crippen LogP contribution in [0.5, 0.6) is 0 Å². The number of aliphatic hydroxyl groups excluding tert-OH is 1. The van der Waals surface area contributed by atoms with Crippen LogP contribution < -0.4 is 11.5 Å². The second-order valence-corrected chi connectivity index (χ2v) is 6.23. The lowest BCUT2D eigenvalue weighted by molar-refractivity contribution is -0.144. The Morgan fingerprint density at radius 1 is 1.18 bits per heavy atom. The fourth-order valence-corrected chi connectivity index (χ4v) is 3.08. The van der Waals surface area contributed by atoms with Crippen molar-refractivity contribution in [3.8, 4) is 0 Å². The average Bonchev–Trinajstić information content (AvgIpc) is 3.34. The van der Waals surface area contributed by atoms with Gasteiger partial charge in [-0.1, -0.05) is 12.1 Å². The monoisotopic (exact) mass is 389 g/mol. The predicted octanol–water partition coefficient (Wildman–Crippen LogP) is -0.250. The molecule has 10 heteroatoms. The van der Waals surface area contributed by atoms with Gasteiger partial charge in [-0.05, 0) is 24.3 Å². The molecule has 1 fully saturated rings. The lowest BCUT2D eigenvalue weighted by Gasteiger charge is -2.29. The maximum Gasteiger partial charge on any atom is 0.335 e. The Balaban J connectivity index is 2.05. The zero-order valence-electron chi connectivity index (χ0n) is 14.6. The van der Waals surface area contributed by atoms with Crippen LogP contribution in [0.3, 0.4) is 0 Å². The minimum Gasteiger partial charge on any atom is -0.478 e. The summed E-state index contributed by atoms with van der Waals surface area (Å²) in [6.45, 7) is -0.642. The van der Waals surface area contributed by atoms with Crippen molar-refractivity contribution in [2.24, 2.45) is 11.5 Å². The lowest BCUT2D eigenvalue weighted by Crippen LogP contribution is -2.53. The molecule has 1 aromatic carbocycles. The normalized spacial score (nSPS) is 22.8. The van der Waals surface area contributed by atoms with Gasteiger partial charge in [-0.25, -0.2) is 4.79 Å². The molecule has 1 saturated heterocycles. The van der Waals surface area contributed by atoms with Crippen molar-refractivity contribution in [3.63, 3.8) is 0 Å². The van der Waals surface area contributed by atoms with E-state index in [1.165, 1.54) is 30.5 Å². The Morgan fingerprint density at radius 3 is 2.36 bits per heavy atom. The van der Waals surface area contributed by atoms with Gasteiger partial charge in [-0.3, -0.25) is 14.5 Å². The number of aromatic carboxylic acids is 1. The Morgan fingerprint density at radius 2 is 1.86 bits per heavy atom. The van der Waals surface area contributed by atoms with Gasteiger partial charge in [-0.2, -0.15) is 0 Å². The van der Waals surface area contributed by atoms with E-state index in [0.717, 1.165) is 4.90 Å². The maximum absolute atomic E-state index is 12.8. The topological polar surface area (TPSA) is 169 Å². The number of primary amides is 1. The molecular formula is C18H19N3O7. The van der Waals surface area contributed by atoms with Gasteiger partial charge in [0.1, 0.15) is 23.9 Å². The molecule has 1 aliphatic heterocycles. The smallest absolute Gasteiger partial charge is 0.335 e. The number of hydrogen-bond acceptors (Lipinski definition) is 7. The second-order valence-electron chi connectivity index (χ2n) is 6.23. The molecular weight excluding hydrogens is 370 g/mol. The van der Waals surface area contributed by atoms with Crippen LogP contribution in [0.2, 0.25) is 0 Å². The molecule has 2 heterocycles. The highest BCUT2D eigenvalue weighted by Crippen LogP contribution is 2.43. The van der Waals surface area contributed by atoms with E-state index in [1.807, 2.05) is 0 Å². The highest BCUT2D eigenvalue weighted by molar-refractivity contribution is 5.90. The zero-order chi connectivity index (χ0) is 20.4. The van der Waals surface area contributed by atoms with Crippen molar-refractivity contribution in [2.75, 3.05) is 6.61 Å². The Labute approximate surface area is 159 Å². The molecule has 3 unspecified atom stereocenters. The number of amides is 2. The highest BCUT2D eigenvalue weighted by atomic mass is 16.5. The maximum atomic E-state index is 12.8. The fourth-order valence-electron chi connectivity index (χ4n) is 3.08. The van der Waals surface area contributed by atoms with Crippen molar-refractivity contribution >= 4 is 17.8 Å². The Bertz CT molecular complexity index is 866. The molecule has 1 aromatic heterocycles. The number of benzene rings is 1. The summed E-state index contributed by atoms with van der Waals surface area (Å²) in [4.78, 5) is 37.1. The SMILES string of the molecule is NC(=O)C1C(c2ccco2)OC(c2ccc(C(=O)O)cc2)N1C(=O)[C@@H](N)CO. The number of carboxylic acids is 1. The summed E-state index contributed by atoms with van der Waals surface area (Å²) in [5, 5.41) is 18.3. The highest BCUT2D eigenvalue weighted by Gasteiger charge is 2.51. The van der Waals surface area contributed by atoms with E-state index in [4.69, 9.17) is 25.7 Å². The first-order valence-electron chi connectivity index (χ1n) is 8.35. The van der Waals surface area contributed by atoms with E-state index in [9.17, 15) is 19.5 Å². The summed E-state index contributed by atoms with van der Waals surface area (Å²) >= 11 is 0. The summed E-state index contributed by atoms with van der Waals surface area (Å²) in [5.74, 6) is -2.42. The quantitative estimate of drug-likeness (QED) is 0.524. The van der Waals surface area contributed by atoms with Crippen molar-refractivity contribution in [2.45, 2.75) is 24.4 Å². The molecule has 28 heavy (non-hydrogen) atoms. The summed E-state index contributed by atoms with van der Waals surface area (Å²) < 4.78 is 11.2. The van der Waals surface area contributed by atoms with Crippen LogP contribution in [0.15, 0.2) is 47.1 Å². The number of hydrogen-bond donors (Lipinski definition) is 4. The first-order chi connectivity index (χ1) is 13.3. The number of nitrogens with two attached hydrogens (primary N) is 2. The van der Waals surface area contributed by atoms with E-state index in [2.05, 4.69) is 0 Å². The van der Waals surface area contributed by atoms with Crippen LogP contribution in [-0.4, -0.2) is 51.6 Å². The second kappa shape index (κ2) is 7.80. The van der Waals surface area contributed by atoms with Gasteiger partial charge in [0.05, 0.1) is 18.4 Å². The zero-order valence-corrected chi connectivity index (χ0v) is 14.6. The number of furan rings is 1. The number of carbonyl (C=O) groups excluding carboxylic acids is 2. The summed E-state index contributed by atoms with van der Waals surface area (Å²) in [6.07, 6.45) is -0.691. The van der Waals surface area contributed by atoms with Crippen LogP contribution in [0, 0.1) is 0 Å². The van der Waals surface area contributed by atoms with Crippen LogP contribution in [0.1, 0.15) is 34.0 Å². The molecule has 0 saturated carbocycles. The van der Waals surface area contributed by atoms with Crippen molar-refractivity contribution in [1.29, 1.82) is 0 Å². The number of rotatable bonds is 6. The molecule has 4 atom stereocenters. The van der Waals surface area contributed by atoms with Crippen LogP contribution >= 0.6 is 0 Å². The number of nitrogens with zero attached hydrogens (tertiary/aromatic N) is 1. The summed E-state index contributed by atoms with van der Waals surface area (Å²) in [5.41, 5.74) is 11.7.